The van der Waals surface area contributed by atoms with E-state index in [1.54, 1.807) is 0 Å². The van der Waals surface area contributed by atoms with E-state index in [4.69, 9.17) is 0 Å². The Kier molecular flexibility index (Phi) is 4.38. The second-order valence-electron chi connectivity index (χ2n) is 5.63. The first-order chi connectivity index (χ1) is 9.90. The summed E-state index contributed by atoms with van der Waals surface area (Å²) in [6.07, 6.45) is 9.49. The number of hydrogen-bond donors (Lipinski definition) is 0. The van der Waals surface area contributed by atoms with Crippen molar-refractivity contribution in [2.24, 2.45) is 5.92 Å². The zero-order valence-corrected chi connectivity index (χ0v) is 11.8. The Morgan fingerprint density at radius 1 is 1.15 bits per heavy atom. The lowest BCUT2D eigenvalue weighted by Crippen LogP contribution is -2.35. The van der Waals surface area contributed by atoms with Crippen LogP contribution in [0.3, 0.4) is 0 Å². The van der Waals surface area contributed by atoms with Gasteiger partial charge in [0.05, 0.1) is 5.69 Å². The maximum atomic E-state index is 4.43. The van der Waals surface area contributed by atoms with Crippen LogP contribution >= 0.6 is 0 Å². The van der Waals surface area contributed by atoms with Gasteiger partial charge in [0.1, 0.15) is 0 Å². The molecular weight excluding hydrogens is 246 g/mol. The van der Waals surface area contributed by atoms with Gasteiger partial charge in [0.2, 0.25) is 0 Å². The Hall–Kier alpha value is -1.74. The minimum absolute atomic E-state index is 0.747. The molecule has 2 aromatic rings. The van der Waals surface area contributed by atoms with Crippen molar-refractivity contribution in [1.82, 2.24) is 14.9 Å². The van der Waals surface area contributed by atoms with Gasteiger partial charge in [-0.05, 0) is 55.5 Å². The molecule has 0 spiro atoms. The molecule has 1 atom stereocenters. The summed E-state index contributed by atoms with van der Waals surface area (Å²) in [5.74, 6) is 0.747. The third-order valence-electron chi connectivity index (χ3n) is 3.96. The molecule has 3 heterocycles. The fourth-order valence-corrected chi connectivity index (χ4v) is 3.03. The Labute approximate surface area is 120 Å². The fourth-order valence-electron chi connectivity index (χ4n) is 3.03. The normalized spacial score (nSPS) is 19.9. The molecule has 0 N–H and O–H groups in total. The quantitative estimate of drug-likeness (QED) is 0.853. The maximum Gasteiger partial charge on any atom is 0.0543 e. The number of piperidine rings is 1. The highest BCUT2D eigenvalue weighted by molar-refractivity contribution is 5.10. The van der Waals surface area contributed by atoms with Crippen molar-refractivity contribution >= 4 is 0 Å². The van der Waals surface area contributed by atoms with E-state index in [0.29, 0.717) is 0 Å². The zero-order valence-electron chi connectivity index (χ0n) is 11.8. The van der Waals surface area contributed by atoms with Crippen molar-refractivity contribution in [3.8, 4) is 0 Å². The molecule has 0 aromatic carbocycles. The van der Waals surface area contributed by atoms with Gasteiger partial charge in [-0.25, -0.2) is 0 Å². The second-order valence-corrected chi connectivity index (χ2v) is 5.63. The van der Waals surface area contributed by atoms with E-state index in [9.17, 15) is 0 Å². The fraction of sp³-hybridized carbons (Fsp3) is 0.412. The second kappa shape index (κ2) is 6.62. The summed E-state index contributed by atoms with van der Waals surface area (Å²) < 4.78 is 0. The molecule has 3 heteroatoms. The zero-order chi connectivity index (χ0) is 13.6. The van der Waals surface area contributed by atoms with Crippen molar-refractivity contribution in [2.45, 2.75) is 25.8 Å². The molecule has 1 saturated heterocycles. The van der Waals surface area contributed by atoms with Crippen LogP contribution in [0.1, 0.15) is 24.1 Å². The number of likely N-dealkylation sites (tertiary alicyclic amines) is 1. The van der Waals surface area contributed by atoms with E-state index in [-0.39, 0.29) is 0 Å². The highest BCUT2D eigenvalue weighted by atomic mass is 15.1. The van der Waals surface area contributed by atoms with Crippen LogP contribution in [0, 0.1) is 5.92 Å². The van der Waals surface area contributed by atoms with Gasteiger partial charge >= 0.3 is 0 Å². The van der Waals surface area contributed by atoms with Crippen LogP contribution < -0.4 is 0 Å². The van der Waals surface area contributed by atoms with Crippen molar-refractivity contribution < 1.29 is 0 Å². The number of rotatable bonds is 4. The average Bonchev–Trinajstić information content (AvgIpc) is 2.50. The molecule has 1 aliphatic heterocycles. The molecule has 0 saturated carbocycles. The van der Waals surface area contributed by atoms with E-state index >= 15 is 0 Å². The Morgan fingerprint density at radius 3 is 2.95 bits per heavy atom. The topological polar surface area (TPSA) is 29.0 Å². The third kappa shape index (κ3) is 3.64. The van der Waals surface area contributed by atoms with Gasteiger partial charge in [0, 0.05) is 31.7 Å². The van der Waals surface area contributed by atoms with E-state index in [1.165, 1.54) is 37.2 Å². The Bertz CT molecular complexity index is 465. The smallest absolute Gasteiger partial charge is 0.0543 e. The molecule has 20 heavy (non-hydrogen) atoms. The predicted octanol–water partition coefficient (Wildman–Crippen LogP) is 2.93. The summed E-state index contributed by atoms with van der Waals surface area (Å²) in [5, 5.41) is 0. The van der Waals surface area contributed by atoms with Crippen LogP contribution in [0.2, 0.25) is 0 Å². The summed E-state index contributed by atoms with van der Waals surface area (Å²) in [6.45, 7) is 3.34. The van der Waals surface area contributed by atoms with Crippen LogP contribution in [0.25, 0.3) is 0 Å². The number of nitrogens with zero attached hydrogens (tertiary/aromatic N) is 3. The van der Waals surface area contributed by atoms with E-state index in [1.807, 2.05) is 30.7 Å². The van der Waals surface area contributed by atoms with Crippen LogP contribution in [-0.4, -0.2) is 28.0 Å². The summed E-state index contributed by atoms with van der Waals surface area (Å²) in [5.41, 5.74) is 2.53. The molecule has 3 nitrogen and oxygen atoms in total. The van der Waals surface area contributed by atoms with Gasteiger partial charge in [-0.1, -0.05) is 12.1 Å². The molecule has 1 aliphatic rings. The minimum atomic E-state index is 0.747. The summed E-state index contributed by atoms with van der Waals surface area (Å²) in [7, 11) is 0. The number of aromatic nitrogens is 2. The van der Waals surface area contributed by atoms with Gasteiger partial charge in [-0.3, -0.25) is 14.9 Å². The molecule has 1 fully saturated rings. The lowest BCUT2D eigenvalue weighted by Gasteiger charge is -2.32. The van der Waals surface area contributed by atoms with Crippen molar-refractivity contribution in [1.29, 1.82) is 0 Å². The molecule has 0 radical (unpaired) electrons. The van der Waals surface area contributed by atoms with Crippen molar-refractivity contribution in [2.75, 3.05) is 13.1 Å². The van der Waals surface area contributed by atoms with Gasteiger partial charge in [-0.2, -0.15) is 0 Å². The van der Waals surface area contributed by atoms with Crippen molar-refractivity contribution in [3.63, 3.8) is 0 Å². The first-order valence-electron chi connectivity index (χ1n) is 7.41. The lowest BCUT2D eigenvalue weighted by molar-refractivity contribution is 0.165. The van der Waals surface area contributed by atoms with Gasteiger partial charge in [0.25, 0.3) is 0 Å². The molecule has 0 amide bonds. The first-order valence-corrected chi connectivity index (χ1v) is 7.41. The van der Waals surface area contributed by atoms with Crippen LogP contribution in [0.15, 0.2) is 48.9 Å². The minimum Gasteiger partial charge on any atom is -0.297 e. The molecule has 0 bridgehead atoms. The first kappa shape index (κ1) is 13.3. The van der Waals surface area contributed by atoms with Crippen LogP contribution in [0.5, 0.6) is 0 Å². The maximum absolute atomic E-state index is 4.43. The van der Waals surface area contributed by atoms with Gasteiger partial charge < -0.3 is 0 Å². The van der Waals surface area contributed by atoms with E-state index < -0.39 is 0 Å². The summed E-state index contributed by atoms with van der Waals surface area (Å²) in [6, 6.07) is 10.4. The summed E-state index contributed by atoms with van der Waals surface area (Å²) >= 11 is 0. The molecule has 0 aliphatic carbocycles. The monoisotopic (exact) mass is 267 g/mol. The van der Waals surface area contributed by atoms with Crippen molar-refractivity contribution in [3.05, 3.63) is 60.2 Å². The summed E-state index contributed by atoms with van der Waals surface area (Å²) in [4.78, 5) is 11.2. The SMILES string of the molecule is c1ccc(CN2CCC[C@@H](Cc3cccnc3)C2)nc1. The van der Waals surface area contributed by atoms with Gasteiger partial charge in [-0.15, -0.1) is 0 Å². The average molecular weight is 267 g/mol. The van der Waals surface area contributed by atoms with Gasteiger partial charge in [0.15, 0.2) is 0 Å². The predicted molar refractivity (Wildman–Crippen MR) is 80.2 cm³/mol. The highest BCUT2D eigenvalue weighted by Gasteiger charge is 2.20. The largest absolute Gasteiger partial charge is 0.297 e. The molecular formula is C17H21N3. The molecule has 104 valence electrons. The Balaban J connectivity index is 1.57. The third-order valence-corrected chi connectivity index (χ3v) is 3.96. The Morgan fingerprint density at radius 2 is 2.15 bits per heavy atom. The van der Waals surface area contributed by atoms with E-state index in [0.717, 1.165) is 18.9 Å². The van der Waals surface area contributed by atoms with Crippen LogP contribution in [-0.2, 0) is 13.0 Å². The van der Waals surface area contributed by atoms with Crippen LogP contribution in [0.4, 0.5) is 0 Å². The standard InChI is InChI=1S/C17H21N3/c1-2-9-19-17(7-1)14-20-10-4-6-16(13-20)11-15-5-3-8-18-12-15/h1-3,5,7-9,12,16H,4,6,10-11,13-14H2/t16-/m0/s1. The molecule has 0 unspecified atom stereocenters. The number of pyridine rings is 2. The molecule has 2 aromatic heterocycles. The molecule has 3 rings (SSSR count). The van der Waals surface area contributed by atoms with E-state index in [2.05, 4.69) is 33.1 Å². The highest BCUT2D eigenvalue weighted by Crippen LogP contribution is 2.21. The number of hydrogen-bond acceptors (Lipinski definition) is 3. The lowest BCUT2D eigenvalue weighted by atomic mass is 9.92.